The molecule has 7 heteroatoms. The molecule has 0 aromatic carbocycles. The highest BCUT2D eigenvalue weighted by Crippen LogP contribution is 2.10. The number of carboxylic acids is 1. The third kappa shape index (κ3) is 4.02. The number of carboxylic acid groups (broad SMARTS) is 1. The van der Waals surface area contributed by atoms with Crippen molar-refractivity contribution >= 4 is 17.7 Å². The number of nitrogens with one attached hydrogen (secondary N) is 2. The van der Waals surface area contributed by atoms with Gasteiger partial charge in [0.1, 0.15) is 6.04 Å². The number of rotatable bonds is 5. The highest BCUT2D eigenvalue weighted by atomic mass is 16.4. The van der Waals surface area contributed by atoms with Crippen LogP contribution in [0.25, 0.3) is 0 Å². The highest BCUT2D eigenvalue weighted by Gasteiger charge is 2.19. The van der Waals surface area contributed by atoms with E-state index in [9.17, 15) is 9.59 Å². The first kappa shape index (κ1) is 13.9. The summed E-state index contributed by atoms with van der Waals surface area (Å²) in [5.74, 6) is -1.19. The predicted molar refractivity (Wildman–Crippen MR) is 64.3 cm³/mol. The molecule has 1 atom stereocenters. The van der Waals surface area contributed by atoms with Gasteiger partial charge in [-0.1, -0.05) is 0 Å². The molecule has 0 aliphatic rings. The largest absolute Gasteiger partial charge is 0.480 e. The molecule has 18 heavy (non-hydrogen) atoms. The van der Waals surface area contributed by atoms with Crippen LogP contribution in [0.3, 0.4) is 0 Å². The van der Waals surface area contributed by atoms with Crippen molar-refractivity contribution in [3.63, 3.8) is 0 Å². The minimum Gasteiger partial charge on any atom is -0.480 e. The summed E-state index contributed by atoms with van der Waals surface area (Å²) in [6.45, 7) is 1.48. The first-order valence-electron chi connectivity index (χ1n) is 5.36. The number of anilines is 1. The normalized spacial score (nSPS) is 11.7. The monoisotopic (exact) mass is 253 g/mol. The lowest BCUT2D eigenvalue weighted by Gasteiger charge is -2.14. The van der Waals surface area contributed by atoms with Crippen LogP contribution >= 0.6 is 0 Å². The Morgan fingerprint density at radius 2 is 2.22 bits per heavy atom. The number of aromatic nitrogens is 1. The predicted octanol–water partition coefficient (Wildman–Crippen LogP) is 0.347. The van der Waals surface area contributed by atoms with Gasteiger partial charge >= 0.3 is 12.0 Å². The number of aliphatic carboxylic acids is 1. The van der Waals surface area contributed by atoms with E-state index < -0.39 is 18.0 Å². The number of carbonyl (C=O) groups excluding carboxylic acids is 1. The number of hydrogen-bond donors (Lipinski definition) is 4. The van der Waals surface area contributed by atoms with Gasteiger partial charge in [-0.15, -0.1) is 0 Å². The van der Waals surface area contributed by atoms with Crippen molar-refractivity contribution in [1.82, 2.24) is 10.3 Å². The average molecular weight is 253 g/mol. The Morgan fingerprint density at radius 3 is 2.78 bits per heavy atom. The molecule has 7 nitrogen and oxygen atoms in total. The number of carbonyl (C=O) groups is 2. The van der Waals surface area contributed by atoms with Crippen LogP contribution in [0.2, 0.25) is 0 Å². The van der Waals surface area contributed by atoms with Crippen LogP contribution in [-0.4, -0.2) is 39.8 Å². The average Bonchev–Trinajstić information content (AvgIpc) is 2.31. The van der Waals surface area contributed by atoms with Gasteiger partial charge in [0.25, 0.3) is 0 Å². The molecule has 4 N–H and O–H groups in total. The molecule has 0 unspecified atom stereocenters. The zero-order chi connectivity index (χ0) is 13.5. The molecule has 98 valence electrons. The number of aliphatic hydroxyl groups is 1. The second-order valence-electron chi connectivity index (χ2n) is 3.69. The summed E-state index contributed by atoms with van der Waals surface area (Å²) in [7, 11) is 0. The van der Waals surface area contributed by atoms with Gasteiger partial charge in [0.2, 0.25) is 0 Å². The molecule has 0 spiro atoms. The van der Waals surface area contributed by atoms with Crippen molar-refractivity contribution in [1.29, 1.82) is 0 Å². The summed E-state index contributed by atoms with van der Waals surface area (Å²) in [5.41, 5.74) is 1.32. The van der Waals surface area contributed by atoms with E-state index in [1.807, 2.05) is 0 Å². The molecule has 0 radical (unpaired) electrons. The van der Waals surface area contributed by atoms with E-state index in [1.165, 1.54) is 6.20 Å². The fraction of sp³-hybridized carbons (Fsp3) is 0.364. The molecule has 1 heterocycles. The number of aliphatic hydroxyl groups excluding tert-OH is 1. The molecule has 0 aliphatic heterocycles. The molecule has 0 bridgehead atoms. The Bertz CT molecular complexity index is 436. The third-order valence-electron chi connectivity index (χ3n) is 2.31. The second kappa shape index (κ2) is 6.55. The Morgan fingerprint density at radius 1 is 1.50 bits per heavy atom. The smallest absolute Gasteiger partial charge is 0.326 e. The van der Waals surface area contributed by atoms with E-state index in [1.54, 1.807) is 19.2 Å². The lowest BCUT2D eigenvalue weighted by atomic mass is 10.2. The van der Waals surface area contributed by atoms with Crippen LogP contribution in [0.1, 0.15) is 12.0 Å². The Labute approximate surface area is 104 Å². The fourth-order valence-corrected chi connectivity index (χ4v) is 1.30. The number of urea groups is 1. The highest BCUT2D eigenvalue weighted by molar-refractivity contribution is 5.92. The zero-order valence-electron chi connectivity index (χ0n) is 9.88. The quantitative estimate of drug-likeness (QED) is 0.605. The number of amides is 2. The van der Waals surface area contributed by atoms with Crippen LogP contribution in [0.5, 0.6) is 0 Å². The Hall–Kier alpha value is -2.15. The number of pyridine rings is 1. The standard InChI is InChI=1S/C11H15N3O4/c1-7-2-4-12-6-9(7)14-11(18)13-8(3-5-15)10(16)17/h2,4,6,8,15H,3,5H2,1H3,(H,16,17)(H2,13,14,18)/t8-/m1/s1. The SMILES string of the molecule is Cc1ccncc1NC(=O)N[C@H](CCO)C(=O)O. The Balaban J connectivity index is 2.61. The van der Waals surface area contributed by atoms with Crippen molar-refractivity contribution in [3.05, 3.63) is 24.0 Å². The molecule has 0 saturated heterocycles. The van der Waals surface area contributed by atoms with Crippen LogP contribution in [-0.2, 0) is 4.79 Å². The maximum Gasteiger partial charge on any atom is 0.326 e. The second-order valence-corrected chi connectivity index (χ2v) is 3.69. The Kier molecular flexibility index (Phi) is 5.06. The van der Waals surface area contributed by atoms with Gasteiger partial charge in [0.05, 0.1) is 11.9 Å². The molecule has 1 aromatic heterocycles. The van der Waals surface area contributed by atoms with Gasteiger partial charge in [-0.3, -0.25) is 4.98 Å². The lowest BCUT2D eigenvalue weighted by Crippen LogP contribution is -2.43. The summed E-state index contributed by atoms with van der Waals surface area (Å²) in [6, 6.07) is -0.0446. The molecular formula is C11H15N3O4. The molecule has 0 saturated carbocycles. The molecule has 0 aliphatic carbocycles. The van der Waals surface area contributed by atoms with E-state index in [-0.39, 0.29) is 13.0 Å². The summed E-state index contributed by atoms with van der Waals surface area (Å²) < 4.78 is 0. The number of hydrogen-bond acceptors (Lipinski definition) is 4. The van der Waals surface area contributed by atoms with E-state index in [0.29, 0.717) is 5.69 Å². The minimum absolute atomic E-state index is 0.0469. The van der Waals surface area contributed by atoms with Crippen molar-refractivity contribution in [3.8, 4) is 0 Å². The van der Waals surface area contributed by atoms with Crippen LogP contribution in [0, 0.1) is 6.92 Å². The van der Waals surface area contributed by atoms with Crippen LogP contribution in [0.4, 0.5) is 10.5 Å². The summed E-state index contributed by atoms with van der Waals surface area (Å²) in [4.78, 5) is 26.2. The number of aryl methyl sites for hydroxylation is 1. The molecule has 1 aromatic rings. The topological polar surface area (TPSA) is 112 Å². The number of nitrogens with zero attached hydrogens (tertiary/aromatic N) is 1. The van der Waals surface area contributed by atoms with Gasteiger partial charge in [0.15, 0.2) is 0 Å². The summed E-state index contributed by atoms with van der Waals surface area (Å²) >= 11 is 0. The maximum absolute atomic E-state index is 11.6. The van der Waals surface area contributed by atoms with Crippen LogP contribution in [0.15, 0.2) is 18.5 Å². The zero-order valence-corrected chi connectivity index (χ0v) is 9.88. The van der Waals surface area contributed by atoms with Gasteiger partial charge in [-0.2, -0.15) is 0 Å². The van der Waals surface area contributed by atoms with Gasteiger partial charge < -0.3 is 20.8 Å². The molecular weight excluding hydrogens is 238 g/mol. The molecule has 0 fully saturated rings. The lowest BCUT2D eigenvalue weighted by molar-refractivity contribution is -0.139. The summed E-state index contributed by atoms with van der Waals surface area (Å²) in [6.07, 6.45) is 3.01. The van der Waals surface area contributed by atoms with Gasteiger partial charge in [-0.25, -0.2) is 9.59 Å². The van der Waals surface area contributed by atoms with Crippen molar-refractivity contribution < 1.29 is 19.8 Å². The van der Waals surface area contributed by atoms with Gasteiger partial charge in [-0.05, 0) is 18.6 Å². The van der Waals surface area contributed by atoms with E-state index in [4.69, 9.17) is 10.2 Å². The fourth-order valence-electron chi connectivity index (χ4n) is 1.30. The van der Waals surface area contributed by atoms with E-state index >= 15 is 0 Å². The maximum atomic E-state index is 11.6. The first-order valence-corrected chi connectivity index (χ1v) is 5.36. The minimum atomic E-state index is -1.19. The van der Waals surface area contributed by atoms with Crippen LogP contribution < -0.4 is 10.6 Å². The van der Waals surface area contributed by atoms with Crippen molar-refractivity contribution in [2.75, 3.05) is 11.9 Å². The van der Waals surface area contributed by atoms with Gasteiger partial charge in [0, 0.05) is 19.2 Å². The van der Waals surface area contributed by atoms with E-state index in [0.717, 1.165) is 5.56 Å². The third-order valence-corrected chi connectivity index (χ3v) is 2.31. The van der Waals surface area contributed by atoms with E-state index in [2.05, 4.69) is 15.6 Å². The van der Waals surface area contributed by atoms with Crippen molar-refractivity contribution in [2.45, 2.75) is 19.4 Å². The molecule has 2 amide bonds. The first-order chi connectivity index (χ1) is 8.54. The van der Waals surface area contributed by atoms with Crippen molar-refractivity contribution in [2.24, 2.45) is 0 Å². The molecule has 1 rings (SSSR count). The summed E-state index contributed by atoms with van der Waals surface area (Å²) in [5, 5.41) is 22.2.